The van der Waals surface area contributed by atoms with Gasteiger partial charge in [0.25, 0.3) is 0 Å². The maximum absolute atomic E-state index is 10.9. The molecule has 0 saturated heterocycles. The zero-order chi connectivity index (χ0) is 9.84. The average Bonchev–Trinajstić information content (AvgIpc) is 2.08. The fourth-order valence-electron chi connectivity index (χ4n) is 0.909. The first kappa shape index (κ1) is 10.1. The molecule has 0 bridgehead atoms. The normalized spacial score (nSPS) is 12.2. The molecule has 2 nitrogen and oxygen atoms in total. The molecular formula is C10H13NOS. The summed E-state index contributed by atoms with van der Waals surface area (Å²) in [6.07, 6.45) is 0. The van der Waals surface area contributed by atoms with Crippen LogP contribution in [0.25, 0.3) is 0 Å². The molecule has 0 radical (unpaired) electrons. The number of hydrogen-bond donors (Lipinski definition) is 2. The van der Waals surface area contributed by atoms with Crippen molar-refractivity contribution in [2.75, 3.05) is 5.32 Å². The highest BCUT2D eigenvalue weighted by molar-refractivity contribution is 7.82. The van der Waals surface area contributed by atoms with E-state index in [1.807, 2.05) is 31.2 Å². The van der Waals surface area contributed by atoms with E-state index in [2.05, 4.69) is 17.9 Å². The first-order valence-electron chi connectivity index (χ1n) is 4.11. The topological polar surface area (TPSA) is 29.1 Å². The van der Waals surface area contributed by atoms with Crippen LogP contribution in [-0.4, -0.2) is 11.2 Å². The van der Waals surface area contributed by atoms with E-state index in [1.54, 1.807) is 0 Å². The number of anilines is 1. The molecule has 0 aliphatic carbocycles. The molecule has 0 aliphatic rings. The second kappa shape index (κ2) is 4.33. The van der Waals surface area contributed by atoms with E-state index in [9.17, 15) is 4.79 Å². The molecule has 1 atom stereocenters. The van der Waals surface area contributed by atoms with Gasteiger partial charge in [0.05, 0.1) is 0 Å². The number of ketones is 1. The Kier molecular flexibility index (Phi) is 3.37. The summed E-state index contributed by atoms with van der Waals surface area (Å²) in [4.78, 5) is 10.9. The van der Waals surface area contributed by atoms with Gasteiger partial charge in [0.2, 0.25) is 0 Å². The third-order valence-electron chi connectivity index (χ3n) is 1.74. The van der Waals surface area contributed by atoms with Gasteiger partial charge in [-0.1, -0.05) is 17.7 Å². The van der Waals surface area contributed by atoms with E-state index in [-0.39, 0.29) is 5.78 Å². The summed E-state index contributed by atoms with van der Waals surface area (Å²) in [6.45, 7) is 3.53. The van der Waals surface area contributed by atoms with Crippen molar-refractivity contribution in [3.63, 3.8) is 0 Å². The van der Waals surface area contributed by atoms with Crippen molar-refractivity contribution in [1.29, 1.82) is 0 Å². The Morgan fingerprint density at radius 2 is 1.92 bits per heavy atom. The zero-order valence-electron chi connectivity index (χ0n) is 7.74. The highest BCUT2D eigenvalue weighted by atomic mass is 32.1. The molecule has 70 valence electrons. The van der Waals surface area contributed by atoms with E-state index in [0.717, 1.165) is 5.69 Å². The Balaban J connectivity index is 2.64. The van der Waals surface area contributed by atoms with Gasteiger partial charge in [-0.05, 0) is 26.0 Å². The molecule has 0 saturated carbocycles. The van der Waals surface area contributed by atoms with Crippen LogP contribution in [0.1, 0.15) is 12.5 Å². The molecule has 0 aliphatic heterocycles. The van der Waals surface area contributed by atoms with Gasteiger partial charge in [-0.2, -0.15) is 0 Å². The van der Waals surface area contributed by atoms with Gasteiger partial charge in [0.15, 0.2) is 5.78 Å². The van der Waals surface area contributed by atoms with Crippen LogP contribution < -0.4 is 5.32 Å². The number of aryl methyl sites for hydroxylation is 1. The summed E-state index contributed by atoms with van der Waals surface area (Å²) in [5.74, 6) is 0.0175. The molecule has 13 heavy (non-hydrogen) atoms. The number of Topliss-reactive ketones (excluding diaryl/α,β-unsaturated/α-hetero) is 1. The lowest BCUT2D eigenvalue weighted by molar-refractivity contribution is -0.116. The number of rotatable bonds is 3. The van der Waals surface area contributed by atoms with Crippen molar-refractivity contribution >= 4 is 24.1 Å². The average molecular weight is 195 g/mol. The van der Waals surface area contributed by atoms with Gasteiger partial charge in [-0.25, -0.2) is 0 Å². The van der Waals surface area contributed by atoms with E-state index < -0.39 is 5.37 Å². The number of thiol groups is 1. The van der Waals surface area contributed by atoms with Crippen LogP contribution in [0.15, 0.2) is 24.3 Å². The summed E-state index contributed by atoms with van der Waals surface area (Å²) in [7, 11) is 0. The Morgan fingerprint density at radius 1 is 1.38 bits per heavy atom. The maximum atomic E-state index is 10.9. The first-order chi connectivity index (χ1) is 6.09. The second-order valence-electron chi connectivity index (χ2n) is 3.02. The predicted molar refractivity (Wildman–Crippen MR) is 58.3 cm³/mol. The molecule has 3 heteroatoms. The molecular weight excluding hydrogens is 182 g/mol. The lowest BCUT2D eigenvalue weighted by atomic mass is 10.2. The molecule has 0 fully saturated rings. The smallest absolute Gasteiger partial charge is 0.162 e. The standard InChI is InChI=1S/C10H13NOS/c1-7-3-5-9(6-4-7)11-10(13)8(2)12/h3-6,10-11,13H,1-2H3. The molecule has 0 aromatic heterocycles. The van der Waals surface area contributed by atoms with Crippen LogP contribution in [0.4, 0.5) is 5.69 Å². The molecule has 1 aromatic rings. The minimum Gasteiger partial charge on any atom is -0.367 e. The van der Waals surface area contributed by atoms with Gasteiger partial charge in [-0.3, -0.25) is 4.79 Å². The number of hydrogen-bond acceptors (Lipinski definition) is 3. The Morgan fingerprint density at radius 3 is 2.38 bits per heavy atom. The third-order valence-corrected chi connectivity index (χ3v) is 2.23. The fourth-order valence-corrected chi connectivity index (χ4v) is 1.06. The van der Waals surface area contributed by atoms with Crippen LogP contribution in [0.5, 0.6) is 0 Å². The molecule has 1 unspecified atom stereocenters. The maximum Gasteiger partial charge on any atom is 0.162 e. The lowest BCUT2D eigenvalue weighted by Crippen LogP contribution is -2.20. The van der Waals surface area contributed by atoms with Gasteiger partial charge in [0, 0.05) is 5.69 Å². The van der Waals surface area contributed by atoms with E-state index in [0.29, 0.717) is 0 Å². The molecule has 0 spiro atoms. The first-order valence-corrected chi connectivity index (χ1v) is 4.63. The van der Waals surface area contributed by atoms with Crippen LogP contribution in [-0.2, 0) is 4.79 Å². The Hall–Kier alpha value is -0.960. The predicted octanol–water partition coefficient (Wildman–Crippen LogP) is 2.25. The summed E-state index contributed by atoms with van der Waals surface area (Å²) < 4.78 is 0. The Labute approximate surface area is 83.8 Å². The zero-order valence-corrected chi connectivity index (χ0v) is 8.64. The number of benzene rings is 1. The largest absolute Gasteiger partial charge is 0.367 e. The molecule has 1 rings (SSSR count). The number of nitrogens with one attached hydrogen (secondary N) is 1. The summed E-state index contributed by atoms with van der Waals surface area (Å²) >= 11 is 4.10. The molecule has 1 aromatic carbocycles. The minimum absolute atomic E-state index is 0.0175. The van der Waals surface area contributed by atoms with Crippen molar-refractivity contribution in [2.24, 2.45) is 0 Å². The Bertz CT molecular complexity index is 294. The van der Waals surface area contributed by atoms with Crippen molar-refractivity contribution in [2.45, 2.75) is 19.2 Å². The second-order valence-corrected chi connectivity index (χ2v) is 3.54. The van der Waals surface area contributed by atoms with Gasteiger partial charge < -0.3 is 5.32 Å². The molecule has 0 heterocycles. The van der Waals surface area contributed by atoms with Crippen molar-refractivity contribution in [3.05, 3.63) is 29.8 Å². The van der Waals surface area contributed by atoms with E-state index >= 15 is 0 Å². The van der Waals surface area contributed by atoms with Crippen molar-refractivity contribution < 1.29 is 4.79 Å². The van der Waals surface area contributed by atoms with E-state index in [4.69, 9.17) is 0 Å². The number of carbonyl (C=O) groups excluding carboxylic acids is 1. The monoisotopic (exact) mass is 195 g/mol. The lowest BCUT2D eigenvalue weighted by Gasteiger charge is -2.10. The molecule has 0 amide bonds. The van der Waals surface area contributed by atoms with Crippen LogP contribution in [0.2, 0.25) is 0 Å². The van der Waals surface area contributed by atoms with Crippen LogP contribution >= 0.6 is 12.6 Å². The van der Waals surface area contributed by atoms with Gasteiger partial charge in [-0.15, -0.1) is 12.6 Å². The van der Waals surface area contributed by atoms with E-state index in [1.165, 1.54) is 12.5 Å². The third kappa shape index (κ3) is 3.11. The quantitative estimate of drug-likeness (QED) is 0.572. The highest BCUT2D eigenvalue weighted by Gasteiger charge is 2.06. The van der Waals surface area contributed by atoms with Crippen LogP contribution in [0.3, 0.4) is 0 Å². The summed E-state index contributed by atoms with van der Waals surface area (Å²) in [5, 5.41) is 2.57. The summed E-state index contributed by atoms with van der Waals surface area (Å²) in [6, 6.07) is 7.84. The summed E-state index contributed by atoms with van der Waals surface area (Å²) in [5.41, 5.74) is 2.12. The minimum atomic E-state index is -0.414. The van der Waals surface area contributed by atoms with Crippen molar-refractivity contribution in [1.82, 2.24) is 0 Å². The van der Waals surface area contributed by atoms with Gasteiger partial charge in [0.1, 0.15) is 5.37 Å². The SMILES string of the molecule is CC(=O)C(S)Nc1ccc(C)cc1. The molecule has 1 N–H and O–H groups in total. The van der Waals surface area contributed by atoms with Crippen LogP contribution in [0, 0.1) is 6.92 Å². The number of carbonyl (C=O) groups is 1. The van der Waals surface area contributed by atoms with Gasteiger partial charge >= 0.3 is 0 Å². The fraction of sp³-hybridized carbons (Fsp3) is 0.300. The van der Waals surface area contributed by atoms with Crippen molar-refractivity contribution in [3.8, 4) is 0 Å². The highest BCUT2D eigenvalue weighted by Crippen LogP contribution is 2.11.